The molecule has 0 saturated heterocycles. The molecule has 0 unspecified atom stereocenters. The van der Waals surface area contributed by atoms with E-state index in [4.69, 9.17) is 0 Å². The number of nitrogens with one attached hydrogen (secondary N) is 1. The Bertz CT molecular complexity index is 112. The highest BCUT2D eigenvalue weighted by Crippen LogP contribution is 1.86. The minimum Gasteiger partial charge on any atom is -0.320 e. The van der Waals surface area contributed by atoms with Gasteiger partial charge in [0, 0.05) is 6.20 Å². The Balaban J connectivity index is 3.14. The van der Waals surface area contributed by atoms with Gasteiger partial charge in [-0.15, -0.1) is 0 Å². The lowest BCUT2D eigenvalue weighted by atomic mass is 10.3. The van der Waals surface area contributed by atoms with Crippen LogP contribution in [0.15, 0.2) is 12.3 Å². The lowest BCUT2D eigenvalue weighted by Crippen LogP contribution is -2.06. The fourth-order valence-electron chi connectivity index (χ4n) is 0.377. The van der Waals surface area contributed by atoms with E-state index in [-0.39, 0.29) is 0 Å². The van der Waals surface area contributed by atoms with Gasteiger partial charge in [0.25, 0.3) is 0 Å². The van der Waals surface area contributed by atoms with Gasteiger partial charge in [-0.3, -0.25) is 4.79 Å². The molecule has 0 aromatic carbocycles. The van der Waals surface area contributed by atoms with Gasteiger partial charge in [0.1, 0.15) is 0 Å². The van der Waals surface area contributed by atoms with Gasteiger partial charge in [0.05, 0.1) is 0 Å². The molecule has 0 spiro atoms. The quantitative estimate of drug-likeness (QED) is 0.646. The summed E-state index contributed by atoms with van der Waals surface area (Å²) in [6.07, 6.45) is 5.53. The van der Waals surface area contributed by atoms with Crippen LogP contribution < -0.4 is 5.32 Å². The van der Waals surface area contributed by atoms with E-state index in [9.17, 15) is 4.79 Å². The van der Waals surface area contributed by atoms with Crippen molar-refractivity contribution in [2.24, 2.45) is 0 Å². The molecule has 0 fully saturated rings. The minimum atomic E-state index is -0.428. The maximum absolute atomic E-state index is 10.1. The monoisotopic (exact) mass is 144 g/mol. The number of hydrogen-bond donors (Lipinski definition) is 1. The van der Waals surface area contributed by atoms with Gasteiger partial charge in [0.15, 0.2) is 0 Å². The predicted molar refractivity (Wildman–Crippen MR) is 40.2 cm³/mol. The van der Waals surface area contributed by atoms with Crippen molar-refractivity contribution in [3.63, 3.8) is 0 Å². The number of amides is 1. The number of allylic oxidation sites excluding steroid dienone is 1. The molecule has 51 valence electrons. The smallest absolute Gasteiger partial charge is 0.314 e. The first-order chi connectivity index (χ1) is 4.27. The van der Waals surface area contributed by atoms with Gasteiger partial charge in [-0.05, 0) is 19.0 Å². The fraction of sp³-hybridized carbons (Fsp3) is 0.500. The Morgan fingerprint density at radius 3 is 2.89 bits per heavy atom. The second-order valence-electron chi connectivity index (χ2n) is 1.62. The second-order valence-corrected chi connectivity index (χ2v) is 1.99. The van der Waals surface area contributed by atoms with E-state index in [1.807, 2.05) is 6.08 Å². The molecule has 0 rings (SSSR count). The summed E-state index contributed by atoms with van der Waals surface area (Å²) in [5.41, 5.74) is 0. The summed E-state index contributed by atoms with van der Waals surface area (Å²) in [4.78, 5) is 10.1. The molecule has 0 atom stereocenters. The van der Waals surface area contributed by atoms with Crippen LogP contribution in [-0.2, 0) is 0 Å². The highest BCUT2D eigenvalue weighted by molar-refractivity contribution is 7.96. The Hall–Kier alpha value is -0.570. The van der Waals surface area contributed by atoms with Crippen molar-refractivity contribution in [3.8, 4) is 0 Å². The summed E-state index contributed by atoms with van der Waals surface area (Å²) < 4.78 is 0. The average molecular weight is 144 g/mol. The van der Waals surface area contributed by atoms with Crippen molar-refractivity contribution in [2.75, 3.05) is 0 Å². The molecule has 0 heterocycles. The van der Waals surface area contributed by atoms with Gasteiger partial charge in [-0.1, -0.05) is 19.4 Å². The predicted octanol–water partition coefficient (Wildman–Crippen LogP) is 2.21. The van der Waals surface area contributed by atoms with Crippen LogP contribution in [0.2, 0.25) is 0 Å². The number of carbonyl (C=O) groups excluding carboxylic acids is 1. The number of rotatable bonds is 3. The summed E-state index contributed by atoms with van der Waals surface area (Å²) in [5, 5.41) is 1.95. The molecule has 9 heavy (non-hydrogen) atoms. The zero-order valence-electron chi connectivity index (χ0n) is 5.39. The molecule has 3 heteroatoms. The van der Waals surface area contributed by atoms with Gasteiger partial charge < -0.3 is 5.32 Å². The van der Waals surface area contributed by atoms with Gasteiger partial charge >= 0.3 is 5.24 Å². The van der Waals surface area contributed by atoms with Crippen molar-refractivity contribution in [2.45, 2.75) is 19.8 Å². The maximum Gasteiger partial charge on any atom is 0.314 e. The highest BCUT2D eigenvalue weighted by Gasteiger charge is 1.83. The van der Waals surface area contributed by atoms with Crippen LogP contribution in [0.25, 0.3) is 0 Å². The largest absolute Gasteiger partial charge is 0.320 e. The number of carbonyl (C=O) groups is 1. The highest BCUT2D eigenvalue weighted by atomic mass is 32.1. The first-order valence-electron chi connectivity index (χ1n) is 2.90. The molecule has 1 N–H and O–H groups in total. The molecule has 1 radical (unpaired) electrons. The van der Waals surface area contributed by atoms with Crippen LogP contribution in [-0.4, -0.2) is 5.24 Å². The Labute approximate surface area is 60.7 Å². The van der Waals surface area contributed by atoms with Gasteiger partial charge in [-0.25, -0.2) is 0 Å². The van der Waals surface area contributed by atoms with E-state index in [1.54, 1.807) is 6.20 Å². The molecule has 0 aliphatic heterocycles. The van der Waals surface area contributed by atoms with E-state index in [1.165, 1.54) is 0 Å². The van der Waals surface area contributed by atoms with Crippen LogP contribution in [0.1, 0.15) is 19.8 Å². The topological polar surface area (TPSA) is 29.1 Å². The van der Waals surface area contributed by atoms with Crippen molar-refractivity contribution >= 4 is 17.9 Å². The zero-order chi connectivity index (χ0) is 7.11. The summed E-state index contributed by atoms with van der Waals surface area (Å²) in [6, 6.07) is 0. The van der Waals surface area contributed by atoms with E-state index >= 15 is 0 Å². The molecule has 0 saturated carbocycles. The van der Waals surface area contributed by atoms with Crippen molar-refractivity contribution < 1.29 is 4.79 Å². The van der Waals surface area contributed by atoms with Crippen molar-refractivity contribution in [3.05, 3.63) is 12.3 Å². The fourth-order valence-corrected chi connectivity index (χ4v) is 0.445. The van der Waals surface area contributed by atoms with Crippen molar-refractivity contribution in [1.29, 1.82) is 0 Å². The maximum atomic E-state index is 10.1. The average Bonchev–Trinajstić information content (AvgIpc) is 1.80. The first-order valence-corrected chi connectivity index (χ1v) is 3.30. The summed E-state index contributed by atoms with van der Waals surface area (Å²) >= 11 is 4.23. The van der Waals surface area contributed by atoms with E-state index < -0.39 is 5.24 Å². The molecule has 0 aliphatic carbocycles. The normalized spacial score (nSPS) is 9.89. The van der Waals surface area contributed by atoms with Crippen LogP contribution in [0, 0.1) is 0 Å². The van der Waals surface area contributed by atoms with Crippen molar-refractivity contribution in [1.82, 2.24) is 5.32 Å². The lowest BCUT2D eigenvalue weighted by molar-refractivity contribution is 0.263. The van der Waals surface area contributed by atoms with Crippen LogP contribution in [0.5, 0.6) is 0 Å². The van der Waals surface area contributed by atoms with Gasteiger partial charge in [0.2, 0.25) is 0 Å². The minimum absolute atomic E-state index is 0.428. The molecule has 0 bridgehead atoms. The zero-order valence-corrected chi connectivity index (χ0v) is 6.20. The molecule has 1 amide bonds. The van der Waals surface area contributed by atoms with Crippen LogP contribution >= 0.6 is 12.6 Å². The second kappa shape index (κ2) is 5.56. The Morgan fingerprint density at radius 1 is 1.78 bits per heavy atom. The number of unbranched alkanes of at least 4 members (excludes halogenated alkanes) is 1. The Morgan fingerprint density at radius 2 is 2.44 bits per heavy atom. The molecule has 0 aromatic rings. The Kier molecular flexibility index (Phi) is 5.21. The summed E-state index contributed by atoms with van der Waals surface area (Å²) in [7, 11) is 0. The third-order valence-corrected chi connectivity index (χ3v) is 0.892. The summed E-state index contributed by atoms with van der Waals surface area (Å²) in [6.45, 7) is 2.07. The number of hydrogen-bond acceptors (Lipinski definition) is 1. The molecule has 2 nitrogen and oxygen atoms in total. The third kappa shape index (κ3) is 7.43. The van der Waals surface area contributed by atoms with Crippen LogP contribution in [0.4, 0.5) is 4.79 Å². The van der Waals surface area contributed by atoms with Crippen LogP contribution in [0.3, 0.4) is 0 Å². The molecule has 0 aliphatic rings. The van der Waals surface area contributed by atoms with E-state index in [0.717, 1.165) is 12.8 Å². The standard InChI is InChI=1S/C6H10NOS/c1-2-3-4-5-7-6(8)9/h4-5H,2-3H2,1H3,(H,7,8)/b5-4+. The molecule has 0 aromatic heterocycles. The van der Waals surface area contributed by atoms with E-state index in [2.05, 4.69) is 24.9 Å². The molecular formula is C6H10NOS. The summed E-state index contributed by atoms with van der Waals surface area (Å²) in [5.74, 6) is 0. The third-order valence-electron chi connectivity index (χ3n) is 0.774. The SMILES string of the molecule is CCC/C=C/NC(=O)[S]. The lowest BCUT2D eigenvalue weighted by Gasteiger charge is -1.86. The van der Waals surface area contributed by atoms with Gasteiger partial charge in [-0.2, -0.15) is 0 Å². The first kappa shape index (κ1) is 8.43. The van der Waals surface area contributed by atoms with E-state index in [0.29, 0.717) is 0 Å². The molecular weight excluding hydrogens is 134 g/mol.